The summed E-state index contributed by atoms with van der Waals surface area (Å²) in [6.45, 7) is 6.48. The van der Waals surface area contributed by atoms with Gasteiger partial charge in [0.2, 0.25) is 0 Å². The van der Waals surface area contributed by atoms with Crippen LogP contribution in [0, 0.1) is 11.6 Å². The predicted octanol–water partition coefficient (Wildman–Crippen LogP) is 4.25. The number of hydrogen-bond donors (Lipinski definition) is 0. The van der Waals surface area contributed by atoms with Crippen LogP contribution >= 0.6 is 0 Å². The summed E-state index contributed by atoms with van der Waals surface area (Å²) >= 11 is 0. The molecule has 0 aromatic heterocycles. The lowest BCUT2D eigenvalue weighted by molar-refractivity contribution is 0.241. The Morgan fingerprint density at radius 3 is 2.22 bits per heavy atom. The molecule has 0 radical (unpaired) electrons. The second-order valence-electron chi connectivity index (χ2n) is 4.66. The van der Waals surface area contributed by atoms with Crippen LogP contribution in [0.2, 0.25) is 13.1 Å². The Kier molecular flexibility index (Phi) is 5.75. The van der Waals surface area contributed by atoms with Crippen molar-refractivity contribution in [1.29, 1.82) is 0 Å². The lowest BCUT2D eigenvalue weighted by atomic mass is 10.3. The Hall–Kier alpha value is -0.943. The Morgan fingerprint density at radius 1 is 1.06 bits per heavy atom. The van der Waals surface area contributed by atoms with E-state index in [0.717, 1.165) is 25.3 Å². The van der Waals surface area contributed by atoms with Gasteiger partial charge in [0.05, 0.1) is 0 Å². The molecule has 0 unspecified atom stereocenters. The van der Waals surface area contributed by atoms with Crippen LogP contribution in [0.1, 0.15) is 26.2 Å². The van der Waals surface area contributed by atoms with Gasteiger partial charge in [-0.25, -0.2) is 8.78 Å². The van der Waals surface area contributed by atoms with Crippen molar-refractivity contribution in [3.05, 3.63) is 29.8 Å². The topological polar surface area (TPSA) is 18.5 Å². The third kappa shape index (κ3) is 5.60. The molecule has 2 nitrogen and oxygen atoms in total. The third-order valence-corrected chi connectivity index (χ3v) is 4.02. The normalized spacial score (nSPS) is 11.6. The second kappa shape index (κ2) is 6.85. The molecule has 0 aliphatic carbocycles. The van der Waals surface area contributed by atoms with Gasteiger partial charge in [-0.1, -0.05) is 19.8 Å². The Labute approximate surface area is 108 Å². The van der Waals surface area contributed by atoms with Gasteiger partial charge in [0.15, 0.2) is 0 Å². The van der Waals surface area contributed by atoms with Gasteiger partial charge in [0, 0.05) is 24.8 Å². The highest BCUT2D eigenvalue weighted by Gasteiger charge is 2.26. The smallest absolute Gasteiger partial charge is 0.392 e. The summed E-state index contributed by atoms with van der Waals surface area (Å²) in [6.07, 6.45) is 3.22. The molecule has 0 saturated heterocycles. The molecular weight excluding hydrogens is 254 g/mol. The first kappa shape index (κ1) is 15.1. The van der Waals surface area contributed by atoms with E-state index in [1.807, 2.05) is 13.1 Å². The molecule has 0 aliphatic heterocycles. The zero-order valence-corrected chi connectivity index (χ0v) is 12.1. The van der Waals surface area contributed by atoms with Crippen molar-refractivity contribution in [2.75, 3.05) is 6.61 Å². The van der Waals surface area contributed by atoms with Gasteiger partial charge in [0.25, 0.3) is 0 Å². The van der Waals surface area contributed by atoms with Crippen molar-refractivity contribution in [3.8, 4) is 5.75 Å². The van der Waals surface area contributed by atoms with E-state index in [0.29, 0.717) is 6.61 Å². The van der Waals surface area contributed by atoms with Crippen LogP contribution in [-0.4, -0.2) is 15.2 Å². The molecule has 0 saturated carbocycles. The zero-order valence-electron chi connectivity index (χ0n) is 11.1. The maximum atomic E-state index is 13.0. The van der Waals surface area contributed by atoms with Gasteiger partial charge in [-0.3, -0.25) is 0 Å². The number of rotatable bonds is 7. The zero-order chi connectivity index (χ0) is 13.6. The van der Waals surface area contributed by atoms with E-state index in [4.69, 9.17) is 8.85 Å². The van der Waals surface area contributed by atoms with E-state index in [2.05, 4.69) is 6.92 Å². The van der Waals surface area contributed by atoms with Gasteiger partial charge >= 0.3 is 8.56 Å². The molecule has 18 heavy (non-hydrogen) atoms. The summed E-state index contributed by atoms with van der Waals surface area (Å²) in [5.74, 6) is -1.08. The summed E-state index contributed by atoms with van der Waals surface area (Å²) in [4.78, 5) is 0. The van der Waals surface area contributed by atoms with Crippen LogP contribution in [0.25, 0.3) is 0 Å². The van der Waals surface area contributed by atoms with Crippen molar-refractivity contribution >= 4 is 8.56 Å². The maximum absolute atomic E-state index is 13.0. The standard InChI is InChI=1S/C13H20F2O2Si/c1-4-5-6-7-16-18(2,3)17-13-9-11(14)8-12(15)10-13/h8-10H,4-7H2,1-3H3. The van der Waals surface area contributed by atoms with Crippen LogP contribution < -0.4 is 4.43 Å². The Morgan fingerprint density at radius 2 is 1.67 bits per heavy atom. The number of halogens is 2. The molecule has 1 rings (SSSR count). The highest BCUT2D eigenvalue weighted by Crippen LogP contribution is 2.20. The number of hydrogen-bond acceptors (Lipinski definition) is 2. The summed E-state index contributed by atoms with van der Waals surface area (Å²) in [7, 11) is -2.37. The fourth-order valence-corrected chi connectivity index (χ4v) is 2.95. The third-order valence-electron chi connectivity index (χ3n) is 2.40. The van der Waals surface area contributed by atoms with Gasteiger partial charge in [-0.05, 0) is 19.5 Å². The van der Waals surface area contributed by atoms with Gasteiger partial charge in [-0.2, -0.15) is 0 Å². The molecule has 0 spiro atoms. The summed E-state index contributed by atoms with van der Waals surface area (Å²) in [5.41, 5.74) is 0. The average molecular weight is 274 g/mol. The van der Waals surface area contributed by atoms with E-state index in [9.17, 15) is 8.78 Å². The SMILES string of the molecule is CCCCCO[Si](C)(C)Oc1cc(F)cc(F)c1. The largest absolute Gasteiger partial charge is 0.520 e. The van der Waals surface area contributed by atoms with E-state index >= 15 is 0 Å². The number of unbranched alkanes of at least 4 members (excludes halogenated alkanes) is 2. The lowest BCUT2D eigenvalue weighted by Gasteiger charge is -2.23. The molecule has 0 bridgehead atoms. The highest BCUT2D eigenvalue weighted by atomic mass is 28.4. The number of benzene rings is 1. The van der Waals surface area contributed by atoms with E-state index in [1.54, 1.807) is 0 Å². The van der Waals surface area contributed by atoms with Crippen LogP contribution in [0.4, 0.5) is 8.78 Å². The fraction of sp³-hybridized carbons (Fsp3) is 0.538. The van der Waals surface area contributed by atoms with E-state index < -0.39 is 20.2 Å². The molecule has 0 N–H and O–H groups in total. The van der Waals surface area contributed by atoms with E-state index in [1.165, 1.54) is 12.1 Å². The molecule has 0 heterocycles. The van der Waals surface area contributed by atoms with Crippen LogP contribution in [0.3, 0.4) is 0 Å². The van der Waals surface area contributed by atoms with Crippen LogP contribution in [-0.2, 0) is 4.43 Å². The summed E-state index contributed by atoms with van der Waals surface area (Å²) < 4.78 is 37.3. The first-order chi connectivity index (χ1) is 8.43. The van der Waals surface area contributed by atoms with Crippen molar-refractivity contribution in [1.82, 2.24) is 0 Å². The minimum Gasteiger partial charge on any atom is -0.520 e. The van der Waals surface area contributed by atoms with Crippen molar-refractivity contribution in [3.63, 3.8) is 0 Å². The van der Waals surface area contributed by atoms with Crippen LogP contribution in [0.5, 0.6) is 5.75 Å². The molecule has 1 aromatic rings. The van der Waals surface area contributed by atoms with Crippen LogP contribution in [0.15, 0.2) is 18.2 Å². The first-order valence-electron chi connectivity index (χ1n) is 6.22. The van der Waals surface area contributed by atoms with Crippen molar-refractivity contribution in [2.45, 2.75) is 39.3 Å². The molecule has 102 valence electrons. The van der Waals surface area contributed by atoms with Gasteiger partial charge in [0.1, 0.15) is 17.4 Å². The Bertz CT molecular complexity index is 363. The quantitative estimate of drug-likeness (QED) is 0.546. The monoisotopic (exact) mass is 274 g/mol. The average Bonchev–Trinajstić information content (AvgIpc) is 2.22. The predicted molar refractivity (Wildman–Crippen MR) is 69.9 cm³/mol. The molecule has 0 aliphatic rings. The lowest BCUT2D eigenvalue weighted by Crippen LogP contribution is -2.38. The summed E-state index contributed by atoms with van der Waals surface area (Å²) in [6, 6.07) is 3.17. The molecule has 0 fully saturated rings. The Balaban J connectivity index is 2.53. The van der Waals surface area contributed by atoms with Gasteiger partial charge in [-0.15, -0.1) is 0 Å². The highest BCUT2D eigenvalue weighted by molar-refractivity contribution is 6.65. The molecular formula is C13H20F2O2Si. The molecule has 0 amide bonds. The minimum atomic E-state index is -2.37. The molecule has 5 heteroatoms. The maximum Gasteiger partial charge on any atom is 0.392 e. The van der Waals surface area contributed by atoms with Crippen molar-refractivity contribution in [2.24, 2.45) is 0 Å². The molecule has 1 aromatic carbocycles. The summed E-state index contributed by atoms with van der Waals surface area (Å²) in [5, 5.41) is 0. The van der Waals surface area contributed by atoms with Crippen molar-refractivity contribution < 1.29 is 17.6 Å². The van der Waals surface area contributed by atoms with E-state index in [-0.39, 0.29) is 5.75 Å². The minimum absolute atomic E-state index is 0.194. The first-order valence-corrected chi connectivity index (χ1v) is 9.03. The second-order valence-corrected chi connectivity index (χ2v) is 7.96. The molecule has 0 atom stereocenters. The van der Waals surface area contributed by atoms with Gasteiger partial charge < -0.3 is 8.85 Å². The fourth-order valence-electron chi connectivity index (χ4n) is 1.57.